The van der Waals surface area contributed by atoms with Crippen molar-refractivity contribution in [2.24, 2.45) is 0 Å². The smallest absolute Gasteiger partial charge is 0.233 e. The van der Waals surface area contributed by atoms with Crippen LogP contribution in [0.15, 0.2) is 47.5 Å². The van der Waals surface area contributed by atoms with Crippen molar-refractivity contribution in [3.63, 3.8) is 0 Å². The summed E-state index contributed by atoms with van der Waals surface area (Å²) in [6, 6.07) is 12.3. The molecule has 0 aliphatic carbocycles. The number of thioether (sulfide) groups is 1. The predicted molar refractivity (Wildman–Crippen MR) is 99.7 cm³/mol. The van der Waals surface area contributed by atoms with Gasteiger partial charge in [-0.05, 0) is 37.6 Å². The number of rotatable bonds is 4. The van der Waals surface area contributed by atoms with Gasteiger partial charge < -0.3 is 9.80 Å². The Bertz CT molecular complexity index is 697. The number of carbonyl (C=O) groups excluding carboxylic acids is 1. The summed E-state index contributed by atoms with van der Waals surface area (Å²) in [7, 11) is 0. The van der Waals surface area contributed by atoms with Crippen LogP contribution in [-0.4, -0.2) is 47.7 Å². The number of amides is 1. The maximum atomic E-state index is 12.5. The van der Waals surface area contributed by atoms with Crippen LogP contribution in [0.3, 0.4) is 0 Å². The van der Waals surface area contributed by atoms with E-state index < -0.39 is 0 Å². The summed E-state index contributed by atoms with van der Waals surface area (Å²) < 4.78 is 0. The van der Waals surface area contributed by atoms with Gasteiger partial charge in [-0.1, -0.05) is 23.8 Å². The van der Waals surface area contributed by atoms with Crippen molar-refractivity contribution in [1.29, 1.82) is 0 Å². The Balaban J connectivity index is 1.51. The molecule has 1 fully saturated rings. The number of aryl methyl sites for hydroxylation is 2. The Kier molecular flexibility index (Phi) is 5.41. The number of aromatic nitrogens is 1. The zero-order valence-corrected chi connectivity index (χ0v) is 15.1. The first-order chi connectivity index (χ1) is 11.6. The SMILES string of the molecule is Cc1ccc(C)c(SCC(=O)N2CCN(c3ccccn3)CC2)c1. The van der Waals surface area contributed by atoms with Gasteiger partial charge in [0.2, 0.25) is 5.91 Å². The van der Waals surface area contributed by atoms with E-state index in [2.05, 4.69) is 41.9 Å². The van der Waals surface area contributed by atoms with Gasteiger partial charge in [-0.15, -0.1) is 11.8 Å². The highest BCUT2D eigenvalue weighted by molar-refractivity contribution is 8.00. The Labute approximate surface area is 147 Å². The Morgan fingerprint density at radius 3 is 2.62 bits per heavy atom. The lowest BCUT2D eigenvalue weighted by atomic mass is 10.2. The average Bonchev–Trinajstić information content (AvgIpc) is 2.63. The van der Waals surface area contributed by atoms with E-state index in [-0.39, 0.29) is 5.91 Å². The average molecular weight is 341 g/mol. The first kappa shape index (κ1) is 16.8. The van der Waals surface area contributed by atoms with E-state index in [0.29, 0.717) is 5.75 Å². The summed E-state index contributed by atoms with van der Waals surface area (Å²) in [4.78, 5) is 22.3. The number of hydrogen-bond donors (Lipinski definition) is 0. The van der Waals surface area contributed by atoms with E-state index >= 15 is 0 Å². The second-order valence-corrected chi connectivity index (χ2v) is 7.13. The largest absolute Gasteiger partial charge is 0.353 e. The van der Waals surface area contributed by atoms with Gasteiger partial charge in [-0.3, -0.25) is 4.79 Å². The van der Waals surface area contributed by atoms with E-state index in [9.17, 15) is 4.79 Å². The molecule has 1 amide bonds. The van der Waals surface area contributed by atoms with Crippen molar-refractivity contribution in [1.82, 2.24) is 9.88 Å². The summed E-state index contributed by atoms with van der Waals surface area (Å²) in [5.41, 5.74) is 2.47. The number of carbonyl (C=O) groups is 1. The fourth-order valence-corrected chi connectivity index (χ4v) is 3.85. The minimum Gasteiger partial charge on any atom is -0.353 e. The van der Waals surface area contributed by atoms with Crippen LogP contribution in [0.5, 0.6) is 0 Å². The van der Waals surface area contributed by atoms with E-state index in [1.54, 1.807) is 11.8 Å². The molecule has 24 heavy (non-hydrogen) atoms. The first-order valence-electron chi connectivity index (χ1n) is 8.27. The van der Waals surface area contributed by atoms with Crippen molar-refractivity contribution >= 4 is 23.5 Å². The highest BCUT2D eigenvalue weighted by Gasteiger charge is 2.21. The van der Waals surface area contributed by atoms with Crippen LogP contribution < -0.4 is 4.90 Å². The lowest BCUT2D eigenvalue weighted by Gasteiger charge is -2.35. The molecule has 4 nitrogen and oxygen atoms in total. The summed E-state index contributed by atoms with van der Waals surface area (Å²) >= 11 is 1.64. The summed E-state index contributed by atoms with van der Waals surface area (Å²) in [6.07, 6.45) is 1.81. The van der Waals surface area contributed by atoms with Crippen molar-refractivity contribution in [2.75, 3.05) is 36.8 Å². The molecule has 2 aromatic rings. The van der Waals surface area contributed by atoms with Crippen molar-refractivity contribution in [3.8, 4) is 0 Å². The van der Waals surface area contributed by atoms with Crippen molar-refractivity contribution in [2.45, 2.75) is 18.7 Å². The highest BCUT2D eigenvalue weighted by Crippen LogP contribution is 2.24. The molecule has 1 aromatic carbocycles. The van der Waals surface area contributed by atoms with Gasteiger partial charge in [-0.2, -0.15) is 0 Å². The van der Waals surface area contributed by atoms with Crippen LogP contribution in [-0.2, 0) is 4.79 Å². The number of piperazine rings is 1. The topological polar surface area (TPSA) is 36.4 Å². The normalized spacial score (nSPS) is 14.8. The molecule has 3 rings (SSSR count). The van der Waals surface area contributed by atoms with Gasteiger partial charge in [0, 0.05) is 37.3 Å². The second-order valence-electron chi connectivity index (χ2n) is 6.11. The predicted octanol–water partition coefficient (Wildman–Crippen LogP) is 3.14. The number of anilines is 1. The molecule has 2 heterocycles. The van der Waals surface area contributed by atoms with Gasteiger partial charge in [0.05, 0.1) is 5.75 Å². The molecule has 1 saturated heterocycles. The molecule has 5 heteroatoms. The fourth-order valence-electron chi connectivity index (χ4n) is 2.82. The Morgan fingerprint density at radius 1 is 1.12 bits per heavy atom. The summed E-state index contributed by atoms with van der Waals surface area (Å²) in [5, 5.41) is 0. The third kappa shape index (κ3) is 4.09. The van der Waals surface area contributed by atoms with E-state index in [0.717, 1.165) is 32.0 Å². The molecule has 1 aliphatic heterocycles. The quantitative estimate of drug-likeness (QED) is 0.801. The molecule has 0 saturated carbocycles. The van der Waals surface area contributed by atoms with Crippen molar-refractivity contribution < 1.29 is 4.79 Å². The molecule has 0 spiro atoms. The number of hydrogen-bond acceptors (Lipinski definition) is 4. The van der Waals surface area contributed by atoms with Crippen LogP contribution >= 0.6 is 11.8 Å². The van der Waals surface area contributed by atoms with E-state index in [4.69, 9.17) is 0 Å². The number of pyridine rings is 1. The molecular formula is C19H23N3OS. The van der Waals surface area contributed by atoms with Gasteiger partial charge in [-0.25, -0.2) is 4.98 Å². The molecule has 1 aromatic heterocycles. The fraction of sp³-hybridized carbons (Fsp3) is 0.368. The van der Waals surface area contributed by atoms with Crippen LogP contribution in [0.25, 0.3) is 0 Å². The lowest BCUT2D eigenvalue weighted by Crippen LogP contribution is -2.49. The third-order valence-corrected chi connectivity index (χ3v) is 5.44. The summed E-state index contributed by atoms with van der Waals surface area (Å²) in [6.45, 7) is 7.40. The first-order valence-corrected chi connectivity index (χ1v) is 9.26. The maximum absolute atomic E-state index is 12.5. The lowest BCUT2D eigenvalue weighted by molar-refractivity contribution is -0.128. The Morgan fingerprint density at radius 2 is 1.92 bits per heavy atom. The molecule has 0 bridgehead atoms. The molecule has 0 radical (unpaired) electrons. The molecule has 0 unspecified atom stereocenters. The van der Waals surface area contributed by atoms with Crippen LogP contribution in [0.1, 0.15) is 11.1 Å². The van der Waals surface area contributed by atoms with E-state index in [1.165, 1.54) is 16.0 Å². The van der Waals surface area contributed by atoms with Gasteiger partial charge in [0.15, 0.2) is 0 Å². The zero-order chi connectivity index (χ0) is 16.9. The second kappa shape index (κ2) is 7.71. The van der Waals surface area contributed by atoms with Gasteiger partial charge in [0.25, 0.3) is 0 Å². The zero-order valence-electron chi connectivity index (χ0n) is 14.2. The molecule has 1 aliphatic rings. The third-order valence-electron chi connectivity index (χ3n) is 4.30. The van der Waals surface area contributed by atoms with Crippen LogP contribution in [0.4, 0.5) is 5.82 Å². The molecule has 126 valence electrons. The monoisotopic (exact) mass is 341 g/mol. The molecule has 0 N–H and O–H groups in total. The minimum atomic E-state index is 0.224. The van der Waals surface area contributed by atoms with Crippen LogP contribution in [0.2, 0.25) is 0 Å². The molecule has 0 atom stereocenters. The highest BCUT2D eigenvalue weighted by atomic mass is 32.2. The molecular weight excluding hydrogens is 318 g/mol. The van der Waals surface area contributed by atoms with Crippen LogP contribution in [0, 0.1) is 13.8 Å². The van der Waals surface area contributed by atoms with Gasteiger partial charge >= 0.3 is 0 Å². The van der Waals surface area contributed by atoms with Gasteiger partial charge in [0.1, 0.15) is 5.82 Å². The standard InChI is InChI=1S/C19H23N3OS/c1-15-6-7-16(2)17(13-15)24-14-19(23)22-11-9-21(10-12-22)18-5-3-4-8-20-18/h3-8,13H,9-12,14H2,1-2H3. The van der Waals surface area contributed by atoms with Crippen molar-refractivity contribution in [3.05, 3.63) is 53.7 Å². The Hall–Kier alpha value is -2.01. The maximum Gasteiger partial charge on any atom is 0.233 e. The summed E-state index contributed by atoms with van der Waals surface area (Å²) in [5.74, 6) is 1.73. The van der Waals surface area contributed by atoms with E-state index in [1.807, 2.05) is 29.3 Å². The number of benzene rings is 1. The number of nitrogens with zero attached hydrogens (tertiary/aromatic N) is 3. The minimum absolute atomic E-state index is 0.224.